The Morgan fingerprint density at radius 3 is 2.62 bits per heavy atom. The first kappa shape index (κ1) is 27.3. The lowest BCUT2D eigenvalue weighted by atomic mass is 10.1. The number of carbonyl (C=O) groups excluding carboxylic acids is 2. The first-order valence-corrected chi connectivity index (χ1v) is 11.9. The molecular formula is C24H20Cl2N8O5. The summed E-state index contributed by atoms with van der Waals surface area (Å²) in [5.74, 6) is -1.60. The lowest BCUT2D eigenvalue weighted by molar-refractivity contribution is -0.137. The highest BCUT2D eigenvalue weighted by Gasteiger charge is 2.23. The molecule has 0 saturated carbocycles. The molecule has 200 valence electrons. The fourth-order valence-corrected chi connectivity index (χ4v) is 3.95. The molecule has 15 heteroatoms. The van der Waals surface area contributed by atoms with E-state index in [0.717, 1.165) is 0 Å². The Balaban J connectivity index is 1.53. The van der Waals surface area contributed by atoms with E-state index >= 15 is 0 Å². The number of halogens is 2. The zero-order valence-electron chi connectivity index (χ0n) is 20.1. The van der Waals surface area contributed by atoms with Crippen LogP contribution in [-0.2, 0) is 14.3 Å². The molecule has 0 fully saturated rings. The number of aromatic nitrogens is 6. The zero-order chi connectivity index (χ0) is 27.9. The molecule has 2 heterocycles. The van der Waals surface area contributed by atoms with E-state index in [9.17, 15) is 19.5 Å². The summed E-state index contributed by atoms with van der Waals surface area (Å²) in [6.45, 7) is 0. The number of aliphatic carboxylic acids is 1. The van der Waals surface area contributed by atoms with Gasteiger partial charge >= 0.3 is 12.1 Å². The normalized spacial score (nSPS) is 11.8. The molecule has 0 aliphatic heterocycles. The number of nitrogens with one attached hydrogen (secondary N) is 3. The Morgan fingerprint density at radius 2 is 1.95 bits per heavy atom. The molecule has 2 aromatic heterocycles. The Bertz CT molecular complexity index is 1520. The van der Waals surface area contributed by atoms with Crippen molar-refractivity contribution < 1.29 is 24.2 Å². The molecule has 39 heavy (non-hydrogen) atoms. The molecule has 0 aliphatic rings. The molecule has 0 radical (unpaired) electrons. The number of carboxylic acid groups (broad SMARTS) is 1. The van der Waals surface area contributed by atoms with E-state index in [4.69, 9.17) is 23.2 Å². The predicted octanol–water partition coefficient (Wildman–Crippen LogP) is 3.88. The Hall–Kier alpha value is -4.75. The van der Waals surface area contributed by atoms with E-state index in [1.807, 2.05) is 0 Å². The summed E-state index contributed by atoms with van der Waals surface area (Å²) in [5, 5.41) is 26.2. The van der Waals surface area contributed by atoms with Crippen molar-refractivity contribution in [2.45, 2.75) is 12.5 Å². The number of aromatic amines is 1. The number of carboxylic acids is 1. The summed E-state index contributed by atoms with van der Waals surface area (Å²) in [5.41, 5.74) is 2.54. The van der Waals surface area contributed by atoms with Crippen LogP contribution in [0.5, 0.6) is 0 Å². The number of nitrogens with zero attached hydrogens (tertiary/aromatic N) is 5. The van der Waals surface area contributed by atoms with Crippen molar-refractivity contribution in [2.75, 3.05) is 12.4 Å². The topological polar surface area (TPSA) is 177 Å². The number of anilines is 1. The number of carbonyl (C=O) groups is 3. The quantitative estimate of drug-likeness (QED) is 0.217. The van der Waals surface area contributed by atoms with Crippen molar-refractivity contribution in [1.29, 1.82) is 0 Å². The van der Waals surface area contributed by atoms with Gasteiger partial charge in [0.1, 0.15) is 23.0 Å². The third kappa shape index (κ3) is 6.97. The minimum atomic E-state index is -1.16. The molecule has 0 bridgehead atoms. The number of rotatable bonds is 9. The predicted molar refractivity (Wildman–Crippen MR) is 141 cm³/mol. The van der Waals surface area contributed by atoms with Crippen LogP contribution in [0.4, 0.5) is 10.5 Å². The smallest absolute Gasteiger partial charge is 0.411 e. The van der Waals surface area contributed by atoms with E-state index < -0.39 is 30.4 Å². The fraction of sp³-hybridized carbons (Fsp3) is 0.125. The molecule has 4 rings (SSSR count). The SMILES string of the molecule is COC(=O)Nc1ccc(-c2nc([C@H](CC(=O)O)NC(=O)C=Cc3cc(Cl)ccc3-n3cnnn3)[nH]c2Cl)cc1. The van der Waals surface area contributed by atoms with E-state index in [1.54, 1.807) is 42.5 Å². The third-order valence-electron chi connectivity index (χ3n) is 5.29. The minimum Gasteiger partial charge on any atom is -0.481 e. The highest BCUT2D eigenvalue weighted by atomic mass is 35.5. The largest absolute Gasteiger partial charge is 0.481 e. The van der Waals surface area contributed by atoms with E-state index in [0.29, 0.717) is 33.2 Å². The van der Waals surface area contributed by atoms with Crippen molar-refractivity contribution in [3.05, 3.63) is 76.4 Å². The number of imidazole rings is 1. The molecule has 0 saturated heterocycles. The average Bonchev–Trinajstić information content (AvgIpc) is 3.57. The summed E-state index contributed by atoms with van der Waals surface area (Å²) in [6, 6.07) is 10.5. The summed E-state index contributed by atoms with van der Waals surface area (Å²) in [7, 11) is 1.25. The second-order valence-corrected chi connectivity index (χ2v) is 8.74. The van der Waals surface area contributed by atoms with Crippen molar-refractivity contribution >= 4 is 52.9 Å². The molecule has 2 amide bonds. The van der Waals surface area contributed by atoms with Crippen LogP contribution in [-0.4, -0.2) is 60.4 Å². The maximum atomic E-state index is 12.8. The monoisotopic (exact) mass is 570 g/mol. The lowest BCUT2D eigenvalue weighted by Gasteiger charge is -2.13. The molecule has 4 aromatic rings. The number of hydrogen-bond acceptors (Lipinski definition) is 8. The van der Waals surface area contributed by atoms with Gasteiger partial charge < -0.3 is 20.1 Å². The van der Waals surface area contributed by atoms with E-state index in [1.165, 1.54) is 30.3 Å². The van der Waals surface area contributed by atoms with Gasteiger partial charge in [-0.1, -0.05) is 35.3 Å². The number of amides is 2. The maximum Gasteiger partial charge on any atom is 0.411 e. The van der Waals surface area contributed by atoms with Gasteiger partial charge in [-0.05, 0) is 46.8 Å². The van der Waals surface area contributed by atoms with Gasteiger partial charge in [0.05, 0.1) is 25.3 Å². The van der Waals surface area contributed by atoms with Crippen LogP contribution in [0.25, 0.3) is 23.0 Å². The van der Waals surface area contributed by atoms with Gasteiger partial charge in [0.25, 0.3) is 0 Å². The first-order chi connectivity index (χ1) is 18.7. The molecule has 1 atom stereocenters. The molecule has 0 spiro atoms. The number of ether oxygens (including phenoxy) is 1. The van der Waals surface area contributed by atoms with Gasteiger partial charge in [0, 0.05) is 27.9 Å². The number of benzene rings is 2. The Kier molecular flexibility index (Phi) is 8.53. The Labute approximate surface area is 230 Å². The van der Waals surface area contributed by atoms with Gasteiger partial charge in [0.2, 0.25) is 5.91 Å². The third-order valence-corrected chi connectivity index (χ3v) is 5.80. The van der Waals surface area contributed by atoms with Crippen molar-refractivity contribution in [3.8, 4) is 16.9 Å². The summed E-state index contributed by atoms with van der Waals surface area (Å²) < 4.78 is 5.97. The van der Waals surface area contributed by atoms with Crippen LogP contribution in [0, 0.1) is 0 Å². The Morgan fingerprint density at radius 1 is 1.18 bits per heavy atom. The van der Waals surface area contributed by atoms with Gasteiger partial charge in [-0.25, -0.2) is 9.78 Å². The first-order valence-electron chi connectivity index (χ1n) is 11.2. The number of tetrazole rings is 1. The molecule has 0 unspecified atom stereocenters. The molecule has 0 aliphatic carbocycles. The van der Waals surface area contributed by atoms with Crippen LogP contribution < -0.4 is 10.6 Å². The van der Waals surface area contributed by atoms with Gasteiger partial charge in [0.15, 0.2) is 0 Å². The van der Waals surface area contributed by atoms with Crippen LogP contribution in [0.3, 0.4) is 0 Å². The van der Waals surface area contributed by atoms with Crippen LogP contribution >= 0.6 is 23.2 Å². The number of hydrogen-bond donors (Lipinski definition) is 4. The molecular weight excluding hydrogens is 551 g/mol. The number of H-pyrrole nitrogens is 1. The van der Waals surface area contributed by atoms with Crippen molar-refractivity contribution in [1.82, 2.24) is 35.5 Å². The second-order valence-electron chi connectivity index (χ2n) is 7.93. The molecule has 4 N–H and O–H groups in total. The van der Waals surface area contributed by atoms with Crippen molar-refractivity contribution in [2.24, 2.45) is 0 Å². The van der Waals surface area contributed by atoms with Crippen LogP contribution in [0.1, 0.15) is 23.9 Å². The van der Waals surface area contributed by atoms with Gasteiger partial charge in [-0.15, -0.1) is 5.10 Å². The average molecular weight is 571 g/mol. The van der Waals surface area contributed by atoms with E-state index in [-0.39, 0.29) is 11.0 Å². The van der Waals surface area contributed by atoms with E-state index in [2.05, 4.69) is 40.9 Å². The minimum absolute atomic E-state index is 0.142. The van der Waals surface area contributed by atoms with Crippen LogP contribution in [0.15, 0.2) is 54.9 Å². The van der Waals surface area contributed by atoms with Gasteiger partial charge in [-0.2, -0.15) is 4.68 Å². The fourth-order valence-electron chi connectivity index (χ4n) is 3.52. The molecule has 2 aromatic carbocycles. The second kappa shape index (κ2) is 12.2. The lowest BCUT2D eigenvalue weighted by Crippen LogP contribution is -2.29. The highest BCUT2D eigenvalue weighted by Crippen LogP contribution is 2.29. The number of methoxy groups -OCH3 is 1. The van der Waals surface area contributed by atoms with Crippen molar-refractivity contribution in [3.63, 3.8) is 0 Å². The molecule has 13 nitrogen and oxygen atoms in total. The summed E-state index contributed by atoms with van der Waals surface area (Å²) in [6.07, 6.45) is 3.04. The zero-order valence-corrected chi connectivity index (χ0v) is 21.6. The highest BCUT2D eigenvalue weighted by molar-refractivity contribution is 6.32. The summed E-state index contributed by atoms with van der Waals surface area (Å²) >= 11 is 12.5. The van der Waals surface area contributed by atoms with Crippen LogP contribution in [0.2, 0.25) is 10.2 Å². The standard InChI is InChI=1S/C24H20Cl2N8O5/c1-39-24(38)28-16-6-2-13(3-7-16)21-22(26)31-23(30-21)17(11-20(36)37)29-19(35)9-4-14-10-15(25)5-8-18(14)34-12-27-32-33-34/h2-10,12,17H,11H2,1H3,(H,28,38)(H,29,35)(H,30,31)(H,36,37)/t17-/m0/s1. The van der Waals surface area contributed by atoms with Gasteiger partial charge in [-0.3, -0.25) is 14.9 Å². The maximum absolute atomic E-state index is 12.8. The summed E-state index contributed by atoms with van der Waals surface area (Å²) in [4.78, 5) is 43.0.